The second-order valence-corrected chi connectivity index (χ2v) is 3.72. The van der Waals surface area contributed by atoms with Crippen molar-refractivity contribution in [2.75, 3.05) is 6.54 Å². The van der Waals surface area contributed by atoms with Crippen molar-refractivity contribution in [3.05, 3.63) is 30.2 Å². The number of fused-ring (bicyclic) bond motifs is 1. The number of nitrogens with one attached hydrogen (secondary N) is 1. The lowest BCUT2D eigenvalue weighted by Gasteiger charge is -2.02. The normalized spacial score (nSPS) is 10.4. The molecule has 0 aliphatic rings. The number of oxazole rings is 1. The smallest absolute Gasteiger partial charge is 0.287 e. The molecule has 0 bridgehead atoms. The van der Waals surface area contributed by atoms with Gasteiger partial charge in [0.25, 0.3) is 5.91 Å². The fourth-order valence-electron chi connectivity index (χ4n) is 1.50. The third kappa shape index (κ3) is 2.69. The summed E-state index contributed by atoms with van der Waals surface area (Å²) in [6.07, 6.45) is 2.04. The van der Waals surface area contributed by atoms with Gasteiger partial charge in [0.2, 0.25) is 5.78 Å². The summed E-state index contributed by atoms with van der Waals surface area (Å²) in [4.78, 5) is 25.7. The van der Waals surface area contributed by atoms with Gasteiger partial charge in [0.05, 0.1) is 0 Å². The molecule has 2 rings (SSSR count). The minimum absolute atomic E-state index is 0.429. The number of rotatable bonds is 4. The SMILES string of the molecule is CC(=O)C(=O)NCCc1ccc2ncoc2c1. The van der Waals surface area contributed by atoms with Crippen molar-refractivity contribution in [1.82, 2.24) is 10.3 Å². The van der Waals surface area contributed by atoms with Crippen molar-refractivity contribution in [3.63, 3.8) is 0 Å². The number of carbonyl (C=O) groups excluding carboxylic acids is 2. The molecule has 0 unspecified atom stereocenters. The van der Waals surface area contributed by atoms with Crippen molar-refractivity contribution in [1.29, 1.82) is 0 Å². The maximum Gasteiger partial charge on any atom is 0.287 e. The highest BCUT2D eigenvalue weighted by Gasteiger charge is 2.06. The van der Waals surface area contributed by atoms with Crippen LogP contribution in [0.25, 0.3) is 11.1 Å². The first kappa shape index (κ1) is 11.3. The summed E-state index contributed by atoms with van der Waals surface area (Å²) in [5.74, 6) is -1.03. The van der Waals surface area contributed by atoms with Crippen molar-refractivity contribution < 1.29 is 14.0 Å². The molecule has 1 N–H and O–H groups in total. The molecular weight excluding hydrogens is 220 g/mol. The minimum atomic E-state index is -0.550. The first-order valence-electron chi connectivity index (χ1n) is 5.28. The molecule has 0 radical (unpaired) electrons. The van der Waals surface area contributed by atoms with Gasteiger partial charge in [0.1, 0.15) is 5.52 Å². The maximum absolute atomic E-state index is 11.0. The molecule has 0 fully saturated rings. The van der Waals surface area contributed by atoms with Gasteiger partial charge in [0.15, 0.2) is 12.0 Å². The van der Waals surface area contributed by atoms with Crippen LogP contribution in [0.3, 0.4) is 0 Å². The van der Waals surface area contributed by atoms with Crippen LogP contribution in [0.4, 0.5) is 0 Å². The molecule has 0 saturated carbocycles. The average Bonchev–Trinajstić information content (AvgIpc) is 2.75. The molecule has 88 valence electrons. The van der Waals surface area contributed by atoms with Crippen molar-refractivity contribution in [2.24, 2.45) is 0 Å². The van der Waals surface area contributed by atoms with Crippen molar-refractivity contribution >= 4 is 22.8 Å². The van der Waals surface area contributed by atoms with Gasteiger partial charge < -0.3 is 9.73 Å². The summed E-state index contributed by atoms with van der Waals surface area (Å²) < 4.78 is 5.17. The lowest BCUT2D eigenvalue weighted by molar-refractivity contribution is -0.136. The second-order valence-electron chi connectivity index (χ2n) is 3.72. The van der Waals surface area contributed by atoms with Gasteiger partial charge in [-0.2, -0.15) is 0 Å². The molecule has 1 heterocycles. The highest BCUT2D eigenvalue weighted by atomic mass is 16.3. The second kappa shape index (κ2) is 4.78. The predicted octanol–water partition coefficient (Wildman–Crippen LogP) is 1.08. The fraction of sp³-hybridized carbons (Fsp3) is 0.250. The van der Waals surface area contributed by atoms with Crippen LogP contribution in [0.15, 0.2) is 29.0 Å². The number of benzene rings is 1. The summed E-state index contributed by atoms with van der Waals surface area (Å²) in [5.41, 5.74) is 2.56. The zero-order valence-electron chi connectivity index (χ0n) is 9.40. The lowest BCUT2D eigenvalue weighted by atomic mass is 10.1. The van der Waals surface area contributed by atoms with Crippen LogP contribution in [-0.2, 0) is 16.0 Å². The van der Waals surface area contributed by atoms with Gasteiger partial charge in [-0.3, -0.25) is 9.59 Å². The van der Waals surface area contributed by atoms with Gasteiger partial charge in [-0.25, -0.2) is 4.98 Å². The lowest BCUT2D eigenvalue weighted by Crippen LogP contribution is -2.30. The summed E-state index contributed by atoms with van der Waals surface area (Å²) in [7, 11) is 0. The Kier molecular flexibility index (Phi) is 3.18. The Morgan fingerprint density at radius 1 is 1.41 bits per heavy atom. The number of amides is 1. The van der Waals surface area contributed by atoms with Gasteiger partial charge in [0, 0.05) is 13.5 Å². The first-order chi connectivity index (χ1) is 8.16. The number of Topliss-reactive ketones (excluding diaryl/α,β-unsaturated/α-hetero) is 1. The monoisotopic (exact) mass is 232 g/mol. The van der Waals surface area contributed by atoms with Gasteiger partial charge in [-0.15, -0.1) is 0 Å². The third-order valence-electron chi connectivity index (χ3n) is 2.41. The molecule has 2 aromatic rings. The minimum Gasteiger partial charge on any atom is -0.443 e. The van der Waals surface area contributed by atoms with E-state index in [4.69, 9.17) is 4.42 Å². The van der Waals surface area contributed by atoms with E-state index in [1.165, 1.54) is 13.3 Å². The topological polar surface area (TPSA) is 72.2 Å². The van der Waals surface area contributed by atoms with Crippen molar-refractivity contribution in [2.45, 2.75) is 13.3 Å². The molecular formula is C12H12N2O3. The van der Waals surface area contributed by atoms with E-state index < -0.39 is 11.7 Å². The number of aromatic nitrogens is 1. The molecule has 0 atom stereocenters. The van der Waals surface area contributed by atoms with E-state index in [-0.39, 0.29) is 0 Å². The molecule has 1 aromatic carbocycles. The molecule has 0 saturated heterocycles. The molecule has 1 aromatic heterocycles. The van der Waals surface area contributed by atoms with Crippen molar-refractivity contribution in [3.8, 4) is 0 Å². The Labute approximate surface area is 97.8 Å². The van der Waals surface area contributed by atoms with Crippen LogP contribution in [0.5, 0.6) is 0 Å². The van der Waals surface area contributed by atoms with Gasteiger partial charge in [-0.1, -0.05) is 6.07 Å². The molecule has 0 aliphatic heterocycles. The fourth-order valence-corrected chi connectivity index (χ4v) is 1.50. The Morgan fingerprint density at radius 3 is 3.00 bits per heavy atom. The van der Waals surface area contributed by atoms with Crippen LogP contribution >= 0.6 is 0 Å². The zero-order valence-corrected chi connectivity index (χ0v) is 9.40. The van der Waals surface area contributed by atoms with E-state index in [0.717, 1.165) is 16.7 Å². The maximum atomic E-state index is 11.0. The number of hydrogen-bond acceptors (Lipinski definition) is 4. The molecule has 0 aliphatic carbocycles. The van der Waals surface area contributed by atoms with Gasteiger partial charge in [-0.05, 0) is 24.1 Å². The Bertz CT molecular complexity index is 560. The highest BCUT2D eigenvalue weighted by molar-refractivity contribution is 6.35. The molecule has 1 amide bonds. The standard InChI is InChI=1S/C12H12N2O3/c1-8(15)12(16)13-5-4-9-2-3-10-11(6-9)17-7-14-10/h2-3,6-7H,4-5H2,1H3,(H,13,16). The Hall–Kier alpha value is -2.17. The third-order valence-corrected chi connectivity index (χ3v) is 2.41. The van der Waals surface area contributed by atoms with Crippen LogP contribution in [0.2, 0.25) is 0 Å². The highest BCUT2D eigenvalue weighted by Crippen LogP contribution is 2.14. The first-order valence-corrected chi connectivity index (χ1v) is 5.28. The largest absolute Gasteiger partial charge is 0.443 e. The summed E-state index contributed by atoms with van der Waals surface area (Å²) in [6.45, 7) is 1.67. The van der Waals surface area contributed by atoms with E-state index in [1.54, 1.807) is 0 Å². The van der Waals surface area contributed by atoms with E-state index in [0.29, 0.717) is 13.0 Å². The van der Waals surface area contributed by atoms with Crippen LogP contribution < -0.4 is 5.32 Å². The number of hydrogen-bond donors (Lipinski definition) is 1. The Balaban J connectivity index is 1.94. The van der Waals surface area contributed by atoms with E-state index in [9.17, 15) is 9.59 Å². The average molecular weight is 232 g/mol. The Morgan fingerprint density at radius 2 is 2.24 bits per heavy atom. The summed E-state index contributed by atoms with van der Waals surface area (Å²) in [5, 5.41) is 2.54. The summed E-state index contributed by atoms with van der Waals surface area (Å²) >= 11 is 0. The van der Waals surface area contributed by atoms with E-state index in [2.05, 4.69) is 10.3 Å². The van der Waals surface area contributed by atoms with E-state index in [1.807, 2.05) is 18.2 Å². The van der Waals surface area contributed by atoms with Crippen LogP contribution in [0, 0.1) is 0 Å². The van der Waals surface area contributed by atoms with E-state index >= 15 is 0 Å². The quantitative estimate of drug-likeness (QED) is 0.800. The molecule has 0 spiro atoms. The van der Waals surface area contributed by atoms with Crippen LogP contribution in [-0.4, -0.2) is 23.2 Å². The summed E-state index contributed by atoms with van der Waals surface area (Å²) in [6, 6.07) is 5.66. The molecule has 5 nitrogen and oxygen atoms in total. The van der Waals surface area contributed by atoms with Crippen LogP contribution in [0.1, 0.15) is 12.5 Å². The number of ketones is 1. The zero-order chi connectivity index (χ0) is 12.3. The predicted molar refractivity (Wildman–Crippen MR) is 61.4 cm³/mol. The van der Waals surface area contributed by atoms with Gasteiger partial charge >= 0.3 is 0 Å². The molecule has 5 heteroatoms. The number of nitrogens with zero attached hydrogens (tertiary/aromatic N) is 1. The number of carbonyl (C=O) groups is 2. The molecule has 17 heavy (non-hydrogen) atoms.